The van der Waals surface area contributed by atoms with Gasteiger partial charge in [0, 0.05) is 52.5 Å². The van der Waals surface area contributed by atoms with E-state index in [1.54, 1.807) is 0 Å². The number of nitrogens with one attached hydrogen (secondary N) is 4. The van der Waals surface area contributed by atoms with Crippen LogP contribution < -0.4 is 32.9 Å². The third-order valence-corrected chi connectivity index (χ3v) is 15.3. The van der Waals surface area contributed by atoms with Crippen LogP contribution in [0.1, 0.15) is 200 Å². The highest BCUT2D eigenvalue weighted by Crippen LogP contribution is 2.35. The lowest BCUT2D eigenvalue weighted by Crippen LogP contribution is -2.63. The second kappa shape index (κ2) is 39.0. The van der Waals surface area contributed by atoms with Crippen molar-refractivity contribution in [2.75, 3.05) is 47.3 Å². The lowest BCUT2D eigenvalue weighted by atomic mass is 9.96. The molecule has 21 heteroatoms. The lowest BCUT2D eigenvalue weighted by molar-refractivity contribution is -0.233. The summed E-state index contributed by atoms with van der Waals surface area (Å²) in [5, 5.41) is 65.1. The van der Waals surface area contributed by atoms with Crippen molar-refractivity contribution in [2.45, 2.75) is 267 Å². The number of carbonyl (C=O) groups is 3. The van der Waals surface area contributed by atoms with E-state index in [0.29, 0.717) is 19.5 Å². The normalized spacial score (nSPS) is 23.0. The van der Waals surface area contributed by atoms with E-state index in [-0.39, 0.29) is 6.54 Å². The molecule has 1 aromatic heterocycles. The number of hydrogen-bond acceptors (Lipinski definition) is 15. The lowest BCUT2D eigenvalue weighted by Gasteiger charge is -2.40. The number of amides is 4. The molecule has 4 amide bonds. The van der Waals surface area contributed by atoms with Crippen molar-refractivity contribution < 1.29 is 54.1 Å². The van der Waals surface area contributed by atoms with Crippen molar-refractivity contribution in [3.8, 4) is 0 Å². The molecule has 1 aromatic rings. The van der Waals surface area contributed by atoms with Gasteiger partial charge in [-0.25, -0.2) is 9.59 Å². The molecule has 0 spiro atoms. The van der Waals surface area contributed by atoms with Gasteiger partial charge in [0.15, 0.2) is 12.5 Å². The summed E-state index contributed by atoms with van der Waals surface area (Å²) < 4.78 is 18.9. The van der Waals surface area contributed by atoms with E-state index in [0.717, 1.165) is 66.7 Å². The molecule has 77 heavy (non-hydrogen) atoms. The Morgan fingerprint density at radius 2 is 1.13 bits per heavy atom. The predicted octanol–water partition coefficient (Wildman–Crippen LogP) is 4.44. The van der Waals surface area contributed by atoms with E-state index in [1.165, 1.54) is 154 Å². The Labute approximate surface area is 459 Å². The van der Waals surface area contributed by atoms with E-state index >= 15 is 0 Å². The number of aromatic nitrogens is 2. The molecule has 0 aromatic carbocycles. The first-order valence-corrected chi connectivity index (χ1v) is 29.7. The number of unbranched alkanes of at least 4 members (excludes halogenated alkanes) is 26. The number of carbonyl (C=O) groups excluding carboxylic acids is 3. The number of urea groups is 1. The summed E-state index contributed by atoms with van der Waals surface area (Å²) >= 11 is 0. The van der Waals surface area contributed by atoms with E-state index < -0.39 is 109 Å². The first-order valence-electron chi connectivity index (χ1n) is 29.7. The average Bonchev–Trinajstić information content (AvgIpc) is 3.89. The molecule has 0 radical (unpaired) electrons. The Hall–Kier alpha value is -3.51. The minimum Gasteiger partial charge on any atom is -0.389 e. The molecule has 21 nitrogen and oxygen atoms in total. The summed E-state index contributed by atoms with van der Waals surface area (Å²) in [5.74, 6) is -1.39. The Balaban J connectivity index is 1.73. The summed E-state index contributed by atoms with van der Waals surface area (Å²) in [6, 6.07) is -2.62. The zero-order valence-corrected chi connectivity index (χ0v) is 47.6. The minimum absolute atomic E-state index is 0.227. The molecule has 0 aliphatic carbocycles. The van der Waals surface area contributed by atoms with Crippen molar-refractivity contribution >= 4 is 17.8 Å². The summed E-state index contributed by atoms with van der Waals surface area (Å²) in [6.45, 7) is 4.44. The summed E-state index contributed by atoms with van der Waals surface area (Å²) in [4.78, 5) is 71.4. The molecule has 0 saturated carbocycles. The van der Waals surface area contributed by atoms with Crippen LogP contribution in [0.3, 0.4) is 0 Å². The Morgan fingerprint density at radius 1 is 0.662 bits per heavy atom. The standard InChI is InChI=1S/C56H104N8O13/c1-6-8-10-12-14-16-18-20-22-24-26-28-30-32-35-59-52(72)43(63(5)55(73)60-36-33-31-29-27-25-23-21-19-17-15-13-11-9-7-2)40(65)39-62(4)44(51(71)58-3)49(77-54-48(70)45(67)41(38-57)75-54)50-46(68)47(69)53(76-50)64-37-34-42(66)61-56(64)74/h34,37,40-41,43-50,53-54,65,67-70H,6-33,35-36,38-39,57H2,1-5H3,(H,58,71)(H,59,72)(H,60,73)(H,61,66,74)/t40-,41+,43?,44-,45+,46-,47+,48+,49-,50?,53?,54?/m0/s1. The molecule has 11 N–H and O–H groups in total. The Morgan fingerprint density at radius 3 is 1.57 bits per heavy atom. The van der Waals surface area contributed by atoms with Gasteiger partial charge in [0.05, 0.1) is 6.10 Å². The molecule has 3 heterocycles. The van der Waals surface area contributed by atoms with Gasteiger partial charge in [-0.15, -0.1) is 0 Å². The van der Waals surface area contributed by atoms with Crippen molar-refractivity contribution in [2.24, 2.45) is 5.73 Å². The quantitative estimate of drug-likeness (QED) is 0.0405. The van der Waals surface area contributed by atoms with Crippen molar-refractivity contribution in [1.82, 2.24) is 35.3 Å². The van der Waals surface area contributed by atoms with E-state index in [9.17, 15) is 49.5 Å². The van der Waals surface area contributed by atoms with Gasteiger partial charge < -0.3 is 66.3 Å². The van der Waals surface area contributed by atoms with E-state index in [2.05, 4.69) is 34.8 Å². The second-order valence-corrected chi connectivity index (χ2v) is 21.7. The van der Waals surface area contributed by atoms with Gasteiger partial charge in [-0.2, -0.15) is 0 Å². The third-order valence-electron chi connectivity index (χ3n) is 15.3. The maximum absolute atomic E-state index is 14.2. The van der Waals surface area contributed by atoms with Crippen LogP contribution in [0.15, 0.2) is 21.9 Å². The van der Waals surface area contributed by atoms with Crippen LogP contribution in [0.25, 0.3) is 0 Å². The Bertz CT molecular complexity index is 1880. The molecule has 2 aliphatic rings. The molecule has 3 rings (SSSR count). The van der Waals surface area contributed by atoms with Gasteiger partial charge in [-0.05, 0) is 19.9 Å². The van der Waals surface area contributed by atoms with Crippen LogP contribution >= 0.6 is 0 Å². The van der Waals surface area contributed by atoms with Gasteiger partial charge >= 0.3 is 11.7 Å². The van der Waals surface area contributed by atoms with Crippen molar-refractivity contribution in [3.63, 3.8) is 0 Å². The molecule has 2 fully saturated rings. The molecule has 12 atom stereocenters. The minimum atomic E-state index is -1.88. The SMILES string of the molecule is CCCCCCCCCCCCCCCCNC(=O)C([C@@H](O)CN(C)[C@H](C(=O)NC)[C@H](OC1O[C@H](CN)[C@@H](O)[C@H]1O)C1OC(n2ccc(=O)[nH]c2=O)[C@H](O)[C@@H]1O)N(C)C(=O)NCCCCCCCCCCCCCCCC. The van der Waals surface area contributed by atoms with Gasteiger partial charge in [0.25, 0.3) is 5.56 Å². The fourth-order valence-electron chi connectivity index (χ4n) is 10.6. The largest absolute Gasteiger partial charge is 0.389 e. The van der Waals surface area contributed by atoms with E-state index in [1.807, 2.05) is 0 Å². The molecule has 0 bridgehead atoms. The van der Waals surface area contributed by atoms with Crippen LogP contribution in [0, 0.1) is 0 Å². The number of aromatic amines is 1. The predicted molar refractivity (Wildman–Crippen MR) is 297 cm³/mol. The fraction of sp³-hybridized carbons (Fsp3) is 0.875. The van der Waals surface area contributed by atoms with Gasteiger partial charge in [0.1, 0.15) is 54.8 Å². The smallest absolute Gasteiger partial charge is 0.330 e. The number of nitrogens with two attached hydrogens (primary N) is 1. The number of likely N-dealkylation sites (N-methyl/N-ethyl adjacent to an activating group) is 3. The van der Waals surface area contributed by atoms with Crippen LogP contribution in [0.2, 0.25) is 0 Å². The molecule has 446 valence electrons. The van der Waals surface area contributed by atoms with Crippen molar-refractivity contribution in [1.29, 1.82) is 0 Å². The van der Waals surface area contributed by atoms with Crippen molar-refractivity contribution in [3.05, 3.63) is 33.1 Å². The topological polar surface area (TPSA) is 303 Å². The first-order chi connectivity index (χ1) is 37.1. The maximum Gasteiger partial charge on any atom is 0.330 e. The fourth-order valence-corrected chi connectivity index (χ4v) is 10.6. The molecule has 2 aliphatic heterocycles. The highest BCUT2D eigenvalue weighted by atomic mass is 16.7. The number of rotatable bonds is 43. The van der Waals surface area contributed by atoms with Gasteiger partial charge in [-0.1, -0.05) is 181 Å². The van der Waals surface area contributed by atoms with Crippen LogP contribution in [0.5, 0.6) is 0 Å². The highest BCUT2D eigenvalue weighted by Gasteiger charge is 2.55. The number of H-pyrrole nitrogens is 1. The summed E-state index contributed by atoms with van der Waals surface area (Å²) in [7, 11) is 4.16. The van der Waals surface area contributed by atoms with Crippen LogP contribution in [-0.4, -0.2) is 177 Å². The summed E-state index contributed by atoms with van der Waals surface area (Å²) in [6.07, 6.45) is 17.8. The van der Waals surface area contributed by atoms with Gasteiger partial charge in [0.2, 0.25) is 11.8 Å². The number of aliphatic hydroxyl groups is 5. The number of ether oxygens (including phenoxy) is 3. The number of nitrogens with zero attached hydrogens (tertiary/aromatic N) is 3. The maximum atomic E-state index is 14.2. The zero-order valence-electron chi connectivity index (χ0n) is 47.6. The molecule has 2 saturated heterocycles. The second-order valence-electron chi connectivity index (χ2n) is 21.7. The van der Waals surface area contributed by atoms with E-state index in [4.69, 9.17) is 19.9 Å². The van der Waals surface area contributed by atoms with Crippen LogP contribution in [0.4, 0.5) is 4.79 Å². The highest BCUT2D eigenvalue weighted by molar-refractivity contribution is 5.87. The third kappa shape index (κ3) is 23.6. The number of aliphatic hydroxyl groups excluding tert-OH is 5. The molecular formula is C56H104N8O13. The first kappa shape index (κ1) is 67.8. The Kier molecular flexibility index (Phi) is 34.3. The molecular weight excluding hydrogens is 993 g/mol. The average molecular weight is 1100 g/mol. The molecule has 4 unspecified atom stereocenters. The number of hydrogen-bond donors (Lipinski definition) is 10. The van der Waals surface area contributed by atoms with Gasteiger partial charge in [-0.3, -0.25) is 28.8 Å². The van der Waals surface area contributed by atoms with Crippen LogP contribution in [-0.2, 0) is 23.8 Å². The summed E-state index contributed by atoms with van der Waals surface area (Å²) in [5.41, 5.74) is 4.08. The zero-order chi connectivity index (χ0) is 56.5. The monoisotopic (exact) mass is 1100 g/mol.